The van der Waals surface area contributed by atoms with E-state index in [4.69, 9.17) is 22.1 Å². The lowest BCUT2D eigenvalue weighted by Gasteiger charge is -2.31. The molecular weight excluding hydrogens is 312 g/mol. The zero-order valence-corrected chi connectivity index (χ0v) is 14.7. The molecule has 3 rings (SSSR count). The number of carbonyl (C=O) groups is 1. The van der Waals surface area contributed by atoms with Gasteiger partial charge in [0.25, 0.3) is 0 Å². The maximum atomic E-state index is 12.0. The summed E-state index contributed by atoms with van der Waals surface area (Å²) in [5, 5.41) is 4.73. The summed E-state index contributed by atoms with van der Waals surface area (Å²) in [5.74, 6) is 1.03. The van der Waals surface area contributed by atoms with Crippen molar-refractivity contribution in [2.75, 3.05) is 19.7 Å². The van der Waals surface area contributed by atoms with Gasteiger partial charge < -0.3 is 9.30 Å². The van der Waals surface area contributed by atoms with E-state index in [9.17, 15) is 4.79 Å². The first-order chi connectivity index (χ1) is 11.2. The Labute approximate surface area is 142 Å². The van der Waals surface area contributed by atoms with E-state index < -0.39 is 0 Å². The van der Waals surface area contributed by atoms with Gasteiger partial charge in [0.05, 0.1) is 19.2 Å². The van der Waals surface area contributed by atoms with Gasteiger partial charge in [0.1, 0.15) is 5.82 Å². The van der Waals surface area contributed by atoms with Gasteiger partial charge in [-0.3, -0.25) is 9.69 Å². The summed E-state index contributed by atoms with van der Waals surface area (Å²) in [6, 6.07) is 0. The third-order valence-corrected chi connectivity index (χ3v) is 5.17. The highest BCUT2D eigenvalue weighted by Gasteiger charge is 2.27. The number of fused-ring (bicyclic) bond motifs is 1. The standard InChI is InChI=1S/C16H26N4O2S/c1-2-22-15(21)13-7-6-9-18(11-13)12-20-16(23)19-10-5-3-4-8-14(19)17-20/h13H,2-12H2,1H3. The van der Waals surface area contributed by atoms with E-state index in [2.05, 4.69) is 9.47 Å². The van der Waals surface area contributed by atoms with Crippen LogP contribution in [0.2, 0.25) is 0 Å². The van der Waals surface area contributed by atoms with E-state index in [1.165, 1.54) is 19.3 Å². The zero-order valence-electron chi connectivity index (χ0n) is 13.9. The van der Waals surface area contributed by atoms with Crippen molar-refractivity contribution < 1.29 is 9.53 Å². The lowest BCUT2D eigenvalue weighted by molar-refractivity contribution is -0.150. The predicted octanol–water partition coefficient (Wildman–Crippen LogP) is 2.37. The summed E-state index contributed by atoms with van der Waals surface area (Å²) >= 11 is 5.61. The first-order valence-corrected chi connectivity index (χ1v) is 9.15. The molecule has 6 nitrogen and oxygen atoms in total. The summed E-state index contributed by atoms with van der Waals surface area (Å²) < 4.78 is 10.1. The molecule has 2 aliphatic heterocycles. The second-order valence-corrected chi connectivity index (χ2v) is 6.84. The minimum Gasteiger partial charge on any atom is -0.466 e. The predicted molar refractivity (Wildman–Crippen MR) is 89.5 cm³/mol. The van der Waals surface area contributed by atoms with Crippen LogP contribution in [0.25, 0.3) is 0 Å². The van der Waals surface area contributed by atoms with Crippen LogP contribution < -0.4 is 0 Å². The Balaban J connectivity index is 1.67. The van der Waals surface area contributed by atoms with Crippen molar-refractivity contribution >= 4 is 18.2 Å². The molecule has 23 heavy (non-hydrogen) atoms. The molecule has 0 bridgehead atoms. The van der Waals surface area contributed by atoms with Crippen molar-refractivity contribution in [2.24, 2.45) is 5.92 Å². The Morgan fingerprint density at radius 3 is 3.00 bits per heavy atom. The molecule has 2 aliphatic rings. The van der Waals surface area contributed by atoms with Crippen LogP contribution in [0.15, 0.2) is 0 Å². The number of aromatic nitrogens is 3. The summed E-state index contributed by atoms with van der Waals surface area (Å²) in [7, 11) is 0. The molecule has 0 N–H and O–H groups in total. The van der Waals surface area contributed by atoms with Gasteiger partial charge in [0.2, 0.25) is 0 Å². The molecule has 7 heteroatoms. The fourth-order valence-corrected chi connectivity index (χ4v) is 3.84. The van der Waals surface area contributed by atoms with E-state index in [1.54, 1.807) is 0 Å². The highest BCUT2D eigenvalue weighted by atomic mass is 32.1. The van der Waals surface area contributed by atoms with Crippen molar-refractivity contribution in [3.63, 3.8) is 0 Å². The number of piperidine rings is 1. The van der Waals surface area contributed by atoms with E-state index >= 15 is 0 Å². The summed E-state index contributed by atoms with van der Waals surface area (Å²) in [5.41, 5.74) is 0. The van der Waals surface area contributed by atoms with Gasteiger partial charge in [-0.05, 0) is 51.4 Å². The van der Waals surface area contributed by atoms with Crippen LogP contribution in [0, 0.1) is 10.7 Å². The van der Waals surface area contributed by atoms with Gasteiger partial charge in [-0.1, -0.05) is 6.42 Å². The van der Waals surface area contributed by atoms with Crippen LogP contribution >= 0.6 is 12.2 Å². The fourth-order valence-electron chi connectivity index (χ4n) is 3.54. The van der Waals surface area contributed by atoms with Crippen LogP contribution in [0.5, 0.6) is 0 Å². The number of nitrogens with zero attached hydrogens (tertiary/aromatic N) is 4. The lowest BCUT2D eigenvalue weighted by atomic mass is 9.99. The van der Waals surface area contributed by atoms with Gasteiger partial charge in [-0.25, -0.2) is 4.68 Å². The Kier molecular flexibility index (Phi) is 5.48. The van der Waals surface area contributed by atoms with E-state index in [0.29, 0.717) is 13.3 Å². The number of carbonyl (C=O) groups excluding carboxylic acids is 1. The quantitative estimate of drug-likeness (QED) is 0.623. The Hall–Kier alpha value is -1.21. The highest BCUT2D eigenvalue weighted by Crippen LogP contribution is 2.19. The molecule has 128 valence electrons. The molecule has 0 aromatic carbocycles. The number of hydrogen-bond donors (Lipinski definition) is 0. The fraction of sp³-hybridized carbons (Fsp3) is 0.812. The number of esters is 1. The summed E-state index contributed by atoms with van der Waals surface area (Å²) in [6.45, 7) is 5.70. The van der Waals surface area contributed by atoms with Crippen molar-refractivity contribution in [1.82, 2.24) is 19.2 Å². The molecule has 0 spiro atoms. The second-order valence-electron chi connectivity index (χ2n) is 6.47. The van der Waals surface area contributed by atoms with Gasteiger partial charge in [0.15, 0.2) is 4.77 Å². The van der Waals surface area contributed by atoms with Gasteiger partial charge >= 0.3 is 5.97 Å². The smallest absolute Gasteiger partial charge is 0.310 e. The van der Waals surface area contributed by atoms with Gasteiger partial charge in [-0.15, -0.1) is 0 Å². The maximum absolute atomic E-state index is 12.0. The molecule has 0 saturated carbocycles. The SMILES string of the molecule is CCOC(=O)C1CCCN(Cn2nc3n(c2=S)CCCCC3)C1. The lowest BCUT2D eigenvalue weighted by Crippen LogP contribution is -2.40. The van der Waals surface area contributed by atoms with Crippen molar-refractivity contribution in [1.29, 1.82) is 0 Å². The summed E-state index contributed by atoms with van der Waals surface area (Å²) in [6.07, 6.45) is 6.58. The molecule has 1 atom stereocenters. The van der Waals surface area contributed by atoms with Crippen molar-refractivity contribution in [3.8, 4) is 0 Å². The maximum Gasteiger partial charge on any atom is 0.310 e. The Bertz CT molecular complexity index is 610. The van der Waals surface area contributed by atoms with Crippen LogP contribution in [0.1, 0.15) is 44.9 Å². The number of ether oxygens (including phenoxy) is 1. The molecule has 3 heterocycles. The largest absolute Gasteiger partial charge is 0.466 e. The van der Waals surface area contributed by atoms with Crippen molar-refractivity contribution in [2.45, 2.75) is 58.7 Å². The summed E-state index contributed by atoms with van der Waals surface area (Å²) in [4.78, 5) is 14.2. The number of hydrogen-bond acceptors (Lipinski definition) is 5. The molecule has 1 saturated heterocycles. The van der Waals surface area contributed by atoms with Crippen LogP contribution in [0.3, 0.4) is 0 Å². The van der Waals surface area contributed by atoms with Crippen LogP contribution in [-0.2, 0) is 29.2 Å². The second kappa shape index (κ2) is 7.57. The average molecular weight is 338 g/mol. The number of rotatable bonds is 4. The van der Waals surface area contributed by atoms with Crippen LogP contribution in [-0.4, -0.2) is 44.9 Å². The van der Waals surface area contributed by atoms with E-state index in [1.807, 2.05) is 11.6 Å². The molecule has 0 radical (unpaired) electrons. The van der Waals surface area contributed by atoms with Gasteiger partial charge in [-0.2, -0.15) is 5.10 Å². The number of likely N-dealkylation sites (tertiary alicyclic amines) is 1. The first kappa shape index (κ1) is 16.6. The highest BCUT2D eigenvalue weighted by molar-refractivity contribution is 7.71. The monoisotopic (exact) mass is 338 g/mol. The number of aryl methyl sites for hydroxylation is 1. The third kappa shape index (κ3) is 3.83. The normalized spacial score (nSPS) is 22.4. The zero-order chi connectivity index (χ0) is 16.2. The van der Waals surface area contributed by atoms with E-state index in [-0.39, 0.29) is 11.9 Å². The topological polar surface area (TPSA) is 52.3 Å². The minimum atomic E-state index is -0.0681. The van der Waals surface area contributed by atoms with E-state index in [0.717, 1.165) is 49.5 Å². The third-order valence-electron chi connectivity index (χ3n) is 4.74. The van der Waals surface area contributed by atoms with Gasteiger partial charge in [0, 0.05) is 19.5 Å². The molecule has 1 aromatic heterocycles. The van der Waals surface area contributed by atoms with Crippen molar-refractivity contribution in [3.05, 3.63) is 10.6 Å². The Morgan fingerprint density at radius 2 is 2.17 bits per heavy atom. The first-order valence-electron chi connectivity index (χ1n) is 8.74. The Morgan fingerprint density at radius 1 is 1.30 bits per heavy atom. The van der Waals surface area contributed by atoms with Crippen LogP contribution in [0.4, 0.5) is 0 Å². The molecule has 1 unspecified atom stereocenters. The molecule has 0 aliphatic carbocycles. The molecular formula is C16H26N4O2S. The molecule has 0 amide bonds. The average Bonchev–Trinajstić information content (AvgIpc) is 2.73. The molecule has 1 fully saturated rings. The molecule has 1 aromatic rings. The minimum absolute atomic E-state index is 0.0155.